The zero-order chi connectivity index (χ0) is 11.0. The van der Waals surface area contributed by atoms with E-state index < -0.39 is 5.66 Å². The maximum Gasteiger partial charge on any atom is 0.319 e. The molecule has 3 heteroatoms. The van der Waals surface area contributed by atoms with Crippen molar-refractivity contribution in [1.82, 2.24) is 9.78 Å². The molecule has 1 rings (SSSR count). The fourth-order valence-corrected chi connectivity index (χ4v) is 1.06. The van der Waals surface area contributed by atoms with Crippen molar-refractivity contribution in [3.63, 3.8) is 0 Å². The molecule has 1 heterocycles. The highest BCUT2D eigenvalue weighted by molar-refractivity contribution is 5.16. The normalized spacial score (nSPS) is 12.6. The van der Waals surface area contributed by atoms with Gasteiger partial charge in [-0.3, -0.25) is 4.85 Å². The average Bonchev–Trinajstić information content (AvgIpc) is 2.51. The first-order chi connectivity index (χ1) is 6.27. The summed E-state index contributed by atoms with van der Waals surface area (Å²) in [7, 11) is 0. The van der Waals surface area contributed by atoms with E-state index in [0.29, 0.717) is 0 Å². The molecule has 0 unspecified atom stereocenters. The maximum atomic E-state index is 7.07. The van der Waals surface area contributed by atoms with E-state index in [9.17, 15) is 0 Å². The third-order valence-corrected chi connectivity index (χ3v) is 2.28. The summed E-state index contributed by atoms with van der Waals surface area (Å²) in [6.07, 6.45) is 3.80. The summed E-state index contributed by atoms with van der Waals surface area (Å²) in [6.45, 7) is 17.2. The van der Waals surface area contributed by atoms with E-state index in [1.165, 1.54) is 0 Å². The van der Waals surface area contributed by atoms with E-state index in [1.807, 2.05) is 26.2 Å². The van der Waals surface area contributed by atoms with Crippen LogP contribution >= 0.6 is 0 Å². The van der Waals surface area contributed by atoms with Crippen molar-refractivity contribution in [2.45, 2.75) is 45.7 Å². The second-order valence-corrected chi connectivity index (χ2v) is 5.03. The molecule has 0 atom stereocenters. The molecule has 0 aliphatic heterocycles. The second-order valence-electron chi connectivity index (χ2n) is 5.03. The van der Waals surface area contributed by atoms with Crippen molar-refractivity contribution < 1.29 is 0 Å². The van der Waals surface area contributed by atoms with Gasteiger partial charge < -0.3 is 0 Å². The van der Waals surface area contributed by atoms with Gasteiger partial charge in [-0.05, 0) is 11.0 Å². The Labute approximate surface area is 85.6 Å². The van der Waals surface area contributed by atoms with Crippen LogP contribution in [0.5, 0.6) is 0 Å². The van der Waals surface area contributed by atoms with Gasteiger partial charge in [0.15, 0.2) is 0 Å². The van der Waals surface area contributed by atoms with Crippen LogP contribution < -0.4 is 0 Å². The van der Waals surface area contributed by atoms with Crippen LogP contribution in [0.2, 0.25) is 0 Å². The monoisotopic (exact) mass is 191 g/mol. The fourth-order valence-electron chi connectivity index (χ4n) is 1.06. The van der Waals surface area contributed by atoms with E-state index in [0.717, 1.165) is 5.56 Å². The first-order valence-electron chi connectivity index (χ1n) is 4.71. The van der Waals surface area contributed by atoms with Gasteiger partial charge in [-0.15, -0.1) is 0 Å². The van der Waals surface area contributed by atoms with Crippen molar-refractivity contribution in [2.75, 3.05) is 0 Å². The first-order valence-corrected chi connectivity index (χ1v) is 4.71. The minimum atomic E-state index is -0.580. The molecule has 0 fully saturated rings. The van der Waals surface area contributed by atoms with E-state index in [1.54, 1.807) is 4.68 Å². The van der Waals surface area contributed by atoms with Gasteiger partial charge in [-0.25, -0.2) is 6.57 Å². The fraction of sp³-hybridized carbons (Fsp3) is 0.636. The molecule has 0 saturated carbocycles. The Balaban J connectivity index is 3.08. The van der Waals surface area contributed by atoms with Crippen LogP contribution in [-0.2, 0) is 11.1 Å². The number of hydrogen-bond acceptors (Lipinski definition) is 1. The predicted molar refractivity (Wildman–Crippen MR) is 56.9 cm³/mol. The van der Waals surface area contributed by atoms with Gasteiger partial charge in [0.25, 0.3) is 0 Å². The molecule has 0 spiro atoms. The molecule has 0 aliphatic carbocycles. The standard InChI is InChI=1S/C11H17N3/c1-10(2,3)9-7-13-14(8-9)11(4,5)12-6/h7-8H,1-5H3. The number of hydrogen-bond donors (Lipinski definition) is 0. The highest BCUT2D eigenvalue weighted by atomic mass is 15.4. The van der Waals surface area contributed by atoms with Crippen LogP contribution in [0.4, 0.5) is 0 Å². The molecule has 1 aromatic rings. The molecule has 3 nitrogen and oxygen atoms in total. The summed E-state index contributed by atoms with van der Waals surface area (Å²) >= 11 is 0. The quantitative estimate of drug-likeness (QED) is 0.626. The molecule has 0 bridgehead atoms. The van der Waals surface area contributed by atoms with Gasteiger partial charge in [0.05, 0.1) is 6.20 Å². The van der Waals surface area contributed by atoms with Crippen LogP contribution in [0, 0.1) is 6.57 Å². The predicted octanol–water partition coefficient (Wildman–Crippen LogP) is 2.79. The van der Waals surface area contributed by atoms with Gasteiger partial charge in [-0.2, -0.15) is 9.78 Å². The van der Waals surface area contributed by atoms with E-state index in [-0.39, 0.29) is 5.41 Å². The lowest BCUT2D eigenvalue weighted by molar-refractivity contribution is 0.401. The topological polar surface area (TPSA) is 22.2 Å². The van der Waals surface area contributed by atoms with Crippen molar-refractivity contribution in [3.05, 3.63) is 29.4 Å². The Morgan fingerprint density at radius 3 is 2.21 bits per heavy atom. The van der Waals surface area contributed by atoms with Crippen LogP contribution in [0.25, 0.3) is 4.85 Å². The molecule has 0 amide bonds. The summed E-state index contributed by atoms with van der Waals surface area (Å²) in [5, 5.41) is 4.23. The van der Waals surface area contributed by atoms with E-state index in [4.69, 9.17) is 6.57 Å². The number of aromatic nitrogens is 2. The number of rotatable bonds is 1. The summed E-state index contributed by atoms with van der Waals surface area (Å²) in [5.41, 5.74) is 0.675. The van der Waals surface area contributed by atoms with Crippen LogP contribution in [0.1, 0.15) is 40.2 Å². The Morgan fingerprint density at radius 1 is 1.29 bits per heavy atom. The Bertz CT molecular complexity index is 361. The Morgan fingerprint density at radius 2 is 1.86 bits per heavy atom. The highest BCUT2D eigenvalue weighted by Crippen LogP contribution is 2.24. The summed E-state index contributed by atoms with van der Waals surface area (Å²) < 4.78 is 1.72. The second kappa shape index (κ2) is 3.13. The molecule has 14 heavy (non-hydrogen) atoms. The zero-order valence-corrected chi connectivity index (χ0v) is 9.50. The molecule has 0 aliphatic rings. The van der Waals surface area contributed by atoms with Crippen LogP contribution in [0.15, 0.2) is 12.4 Å². The molecular weight excluding hydrogens is 174 g/mol. The lowest BCUT2D eigenvalue weighted by atomic mass is 9.90. The first kappa shape index (κ1) is 10.8. The lowest BCUT2D eigenvalue weighted by Gasteiger charge is -2.16. The Kier molecular flexibility index (Phi) is 2.41. The van der Waals surface area contributed by atoms with Gasteiger partial charge in [0.1, 0.15) is 0 Å². The smallest absolute Gasteiger partial charge is 0.286 e. The van der Waals surface area contributed by atoms with Crippen molar-refractivity contribution in [3.8, 4) is 0 Å². The Hall–Kier alpha value is -1.30. The number of nitrogens with zero attached hydrogens (tertiary/aromatic N) is 3. The van der Waals surface area contributed by atoms with Gasteiger partial charge in [-0.1, -0.05) is 20.8 Å². The minimum absolute atomic E-state index is 0.0936. The summed E-state index contributed by atoms with van der Waals surface area (Å²) in [6, 6.07) is 0. The lowest BCUT2D eigenvalue weighted by Crippen LogP contribution is -2.22. The third kappa shape index (κ3) is 1.95. The van der Waals surface area contributed by atoms with Gasteiger partial charge in [0, 0.05) is 20.0 Å². The van der Waals surface area contributed by atoms with Crippen molar-refractivity contribution in [2.24, 2.45) is 0 Å². The minimum Gasteiger partial charge on any atom is -0.286 e. The van der Waals surface area contributed by atoms with Crippen LogP contribution in [0.3, 0.4) is 0 Å². The summed E-state index contributed by atoms with van der Waals surface area (Å²) in [5.74, 6) is 0. The maximum absolute atomic E-state index is 7.07. The molecule has 1 aromatic heterocycles. The molecular formula is C11H17N3. The third-order valence-electron chi connectivity index (χ3n) is 2.28. The SMILES string of the molecule is [C-]#[N+]C(C)(C)n1cc(C(C)(C)C)cn1. The van der Waals surface area contributed by atoms with Crippen molar-refractivity contribution in [1.29, 1.82) is 0 Å². The molecule has 0 saturated heterocycles. The molecule has 76 valence electrons. The van der Waals surface area contributed by atoms with Crippen molar-refractivity contribution >= 4 is 0 Å². The average molecular weight is 191 g/mol. The van der Waals surface area contributed by atoms with Gasteiger partial charge in [0.2, 0.25) is 0 Å². The van der Waals surface area contributed by atoms with E-state index in [2.05, 4.69) is 30.7 Å². The molecule has 0 N–H and O–H groups in total. The van der Waals surface area contributed by atoms with Crippen LogP contribution in [-0.4, -0.2) is 9.78 Å². The van der Waals surface area contributed by atoms with E-state index >= 15 is 0 Å². The molecule has 0 radical (unpaired) electrons. The van der Waals surface area contributed by atoms with Gasteiger partial charge >= 0.3 is 5.66 Å². The molecule has 0 aromatic carbocycles. The largest absolute Gasteiger partial charge is 0.319 e. The zero-order valence-electron chi connectivity index (χ0n) is 9.50. The summed E-state index contributed by atoms with van der Waals surface area (Å²) in [4.78, 5) is 3.54. The highest BCUT2D eigenvalue weighted by Gasteiger charge is 2.27.